The first kappa shape index (κ1) is 19.8. The van der Waals surface area contributed by atoms with Crippen LogP contribution in [0, 0.1) is 11.8 Å². The van der Waals surface area contributed by atoms with Crippen LogP contribution in [-0.2, 0) is 0 Å². The lowest BCUT2D eigenvalue weighted by Gasteiger charge is -2.24. The highest BCUT2D eigenvalue weighted by Gasteiger charge is 2.16. The second kappa shape index (κ2) is 9.67. The number of halogens is 1. The molecule has 0 saturated carbocycles. The van der Waals surface area contributed by atoms with Crippen LogP contribution >= 0.6 is 12.4 Å². The Bertz CT molecular complexity index is 421. The molecule has 0 heterocycles. The summed E-state index contributed by atoms with van der Waals surface area (Å²) in [4.78, 5) is 14.6. The van der Waals surface area contributed by atoms with Gasteiger partial charge in [-0.3, -0.25) is 4.79 Å². The van der Waals surface area contributed by atoms with Gasteiger partial charge in [0, 0.05) is 24.3 Å². The average molecular weight is 313 g/mol. The molecule has 21 heavy (non-hydrogen) atoms. The Hall–Kier alpha value is -1.22. The van der Waals surface area contributed by atoms with Crippen LogP contribution in [0.3, 0.4) is 0 Å². The lowest BCUT2D eigenvalue weighted by atomic mass is 10.1. The van der Waals surface area contributed by atoms with Crippen LogP contribution in [0.4, 0.5) is 5.69 Å². The number of rotatable bonds is 7. The number of carbonyl (C=O) groups is 1. The molecule has 1 aromatic carbocycles. The first-order valence-corrected chi connectivity index (χ1v) is 7.55. The number of benzene rings is 1. The van der Waals surface area contributed by atoms with Gasteiger partial charge in [-0.15, -0.1) is 12.4 Å². The first-order chi connectivity index (χ1) is 9.40. The zero-order valence-corrected chi connectivity index (χ0v) is 14.5. The first-order valence-electron chi connectivity index (χ1n) is 7.55. The number of carbonyl (C=O) groups excluding carboxylic acids is 1. The van der Waals surface area contributed by atoms with Crippen molar-refractivity contribution in [2.24, 2.45) is 11.8 Å². The number of hydrogen-bond acceptors (Lipinski definition) is 2. The van der Waals surface area contributed by atoms with E-state index in [1.807, 2.05) is 23.1 Å². The number of hydrogen-bond donors (Lipinski definition) is 1. The van der Waals surface area contributed by atoms with Gasteiger partial charge in [-0.1, -0.05) is 33.8 Å². The van der Waals surface area contributed by atoms with E-state index >= 15 is 0 Å². The van der Waals surface area contributed by atoms with E-state index in [1.54, 1.807) is 6.07 Å². The molecule has 0 aliphatic carbocycles. The third-order valence-electron chi connectivity index (χ3n) is 3.37. The van der Waals surface area contributed by atoms with Gasteiger partial charge >= 0.3 is 0 Å². The normalized spacial score (nSPS) is 10.6. The summed E-state index contributed by atoms with van der Waals surface area (Å²) in [6.45, 7) is 10.4. The highest BCUT2D eigenvalue weighted by atomic mass is 35.5. The number of nitrogen functional groups attached to an aromatic ring is 1. The minimum atomic E-state index is 0. The van der Waals surface area contributed by atoms with Crippen molar-refractivity contribution in [2.45, 2.75) is 40.5 Å². The maximum absolute atomic E-state index is 12.6. The molecule has 0 unspecified atom stereocenters. The number of anilines is 1. The molecule has 3 nitrogen and oxygen atoms in total. The molecule has 0 aromatic heterocycles. The summed E-state index contributed by atoms with van der Waals surface area (Å²) in [7, 11) is 0. The Labute approximate surface area is 135 Å². The molecule has 1 aromatic rings. The third-order valence-corrected chi connectivity index (χ3v) is 3.37. The van der Waals surface area contributed by atoms with E-state index in [2.05, 4.69) is 27.7 Å². The summed E-state index contributed by atoms with van der Waals surface area (Å²) in [6.07, 6.45) is 2.07. The van der Waals surface area contributed by atoms with Gasteiger partial charge < -0.3 is 10.6 Å². The van der Waals surface area contributed by atoms with E-state index in [1.165, 1.54) is 0 Å². The van der Waals surface area contributed by atoms with Crippen molar-refractivity contribution in [3.8, 4) is 0 Å². The van der Waals surface area contributed by atoms with Crippen molar-refractivity contribution >= 4 is 24.0 Å². The van der Waals surface area contributed by atoms with Crippen LogP contribution in [0.2, 0.25) is 0 Å². The summed E-state index contributed by atoms with van der Waals surface area (Å²) in [6, 6.07) is 7.26. The third kappa shape index (κ3) is 7.37. The number of nitrogens with two attached hydrogens (primary N) is 1. The van der Waals surface area contributed by atoms with Gasteiger partial charge in [-0.2, -0.15) is 0 Å². The molecule has 1 rings (SSSR count). The summed E-state index contributed by atoms with van der Waals surface area (Å²) >= 11 is 0. The van der Waals surface area contributed by atoms with Crippen LogP contribution in [0.25, 0.3) is 0 Å². The molecule has 0 spiro atoms. The quantitative estimate of drug-likeness (QED) is 0.766. The molecule has 0 aliphatic rings. The summed E-state index contributed by atoms with van der Waals surface area (Å²) < 4.78 is 0. The largest absolute Gasteiger partial charge is 0.399 e. The minimum Gasteiger partial charge on any atom is -0.399 e. The molecule has 0 aliphatic heterocycles. The van der Waals surface area contributed by atoms with Crippen LogP contribution in [0.1, 0.15) is 50.9 Å². The van der Waals surface area contributed by atoms with Gasteiger partial charge in [0.1, 0.15) is 0 Å². The zero-order valence-electron chi connectivity index (χ0n) is 13.6. The number of amides is 1. The van der Waals surface area contributed by atoms with Crippen LogP contribution in [0.15, 0.2) is 24.3 Å². The second-order valence-corrected chi connectivity index (χ2v) is 6.28. The highest BCUT2D eigenvalue weighted by Crippen LogP contribution is 2.13. The molecule has 2 N–H and O–H groups in total. The highest BCUT2D eigenvalue weighted by molar-refractivity contribution is 5.95. The molecular formula is C17H29ClN2O. The number of nitrogens with zero attached hydrogens (tertiary/aromatic N) is 1. The average Bonchev–Trinajstić information content (AvgIpc) is 2.37. The second-order valence-electron chi connectivity index (χ2n) is 6.28. The fourth-order valence-electron chi connectivity index (χ4n) is 2.00. The Kier molecular flexibility index (Phi) is 9.11. The smallest absolute Gasteiger partial charge is 0.253 e. The Balaban J connectivity index is 0.00000400. The topological polar surface area (TPSA) is 46.3 Å². The van der Waals surface area contributed by atoms with E-state index in [0.29, 0.717) is 23.1 Å². The van der Waals surface area contributed by atoms with Crippen molar-refractivity contribution in [2.75, 3.05) is 18.8 Å². The summed E-state index contributed by atoms with van der Waals surface area (Å²) in [5.41, 5.74) is 7.10. The van der Waals surface area contributed by atoms with E-state index in [4.69, 9.17) is 5.73 Å². The molecule has 0 fully saturated rings. The van der Waals surface area contributed by atoms with Crippen molar-refractivity contribution in [1.82, 2.24) is 4.90 Å². The zero-order chi connectivity index (χ0) is 15.1. The molecule has 1 amide bonds. The van der Waals surface area contributed by atoms with Gasteiger partial charge in [0.25, 0.3) is 5.91 Å². The van der Waals surface area contributed by atoms with Crippen molar-refractivity contribution in [3.63, 3.8) is 0 Å². The molecule has 120 valence electrons. The van der Waals surface area contributed by atoms with Gasteiger partial charge in [0.2, 0.25) is 0 Å². The van der Waals surface area contributed by atoms with Gasteiger partial charge in [-0.05, 0) is 42.9 Å². The lowest BCUT2D eigenvalue weighted by Crippen LogP contribution is -2.34. The van der Waals surface area contributed by atoms with E-state index in [0.717, 1.165) is 25.9 Å². The predicted molar refractivity (Wildman–Crippen MR) is 92.9 cm³/mol. The fraction of sp³-hybridized carbons (Fsp3) is 0.588. The summed E-state index contributed by atoms with van der Waals surface area (Å²) in [5, 5.41) is 0. The molecule has 0 atom stereocenters. The van der Waals surface area contributed by atoms with Crippen LogP contribution in [0.5, 0.6) is 0 Å². The predicted octanol–water partition coefficient (Wildman–Crippen LogP) is 4.23. The van der Waals surface area contributed by atoms with E-state index < -0.39 is 0 Å². The van der Waals surface area contributed by atoms with Gasteiger partial charge in [0.05, 0.1) is 0 Å². The minimum absolute atomic E-state index is 0. The van der Waals surface area contributed by atoms with Crippen LogP contribution in [-0.4, -0.2) is 23.9 Å². The van der Waals surface area contributed by atoms with E-state index in [-0.39, 0.29) is 18.3 Å². The SMILES string of the molecule is CC(C)CCN(CCC(C)C)C(=O)c1cccc(N)c1.Cl. The maximum Gasteiger partial charge on any atom is 0.253 e. The van der Waals surface area contributed by atoms with E-state index in [9.17, 15) is 4.79 Å². The van der Waals surface area contributed by atoms with Crippen molar-refractivity contribution in [1.29, 1.82) is 0 Å². The molecule has 0 radical (unpaired) electrons. The molecule has 0 bridgehead atoms. The Morgan fingerprint density at radius 2 is 1.62 bits per heavy atom. The Morgan fingerprint density at radius 1 is 1.10 bits per heavy atom. The molecular weight excluding hydrogens is 284 g/mol. The summed E-state index contributed by atoms with van der Waals surface area (Å²) in [5.74, 6) is 1.30. The maximum atomic E-state index is 12.6. The van der Waals surface area contributed by atoms with Crippen molar-refractivity contribution in [3.05, 3.63) is 29.8 Å². The monoisotopic (exact) mass is 312 g/mol. The van der Waals surface area contributed by atoms with Crippen LogP contribution < -0.4 is 5.73 Å². The van der Waals surface area contributed by atoms with Gasteiger partial charge in [-0.25, -0.2) is 0 Å². The fourth-order valence-corrected chi connectivity index (χ4v) is 2.00. The Morgan fingerprint density at radius 3 is 2.05 bits per heavy atom. The van der Waals surface area contributed by atoms with Gasteiger partial charge in [0.15, 0.2) is 0 Å². The standard InChI is InChI=1S/C17H28N2O.ClH/c1-13(2)8-10-19(11-9-14(3)4)17(20)15-6-5-7-16(18)12-15;/h5-7,12-14H,8-11,18H2,1-4H3;1H. The van der Waals surface area contributed by atoms with Crippen molar-refractivity contribution < 1.29 is 4.79 Å². The molecule has 4 heteroatoms. The lowest BCUT2D eigenvalue weighted by molar-refractivity contribution is 0.0741. The molecule has 0 saturated heterocycles.